The summed E-state index contributed by atoms with van der Waals surface area (Å²) in [7, 11) is 0. The molecule has 0 saturated carbocycles. The molecule has 0 radical (unpaired) electrons. The van der Waals surface area contributed by atoms with Crippen LogP contribution in [0.4, 0.5) is 0 Å². The highest BCUT2D eigenvalue weighted by molar-refractivity contribution is 5.94. The maximum atomic E-state index is 10.9. The van der Waals surface area contributed by atoms with Crippen molar-refractivity contribution in [3.63, 3.8) is 0 Å². The molecule has 1 rings (SSSR count). The van der Waals surface area contributed by atoms with Crippen LogP contribution in [-0.2, 0) is 6.42 Å². The number of ketones is 1. The Morgan fingerprint density at radius 2 is 2.33 bits per heavy atom. The van der Waals surface area contributed by atoms with Crippen molar-refractivity contribution in [1.29, 1.82) is 0 Å². The van der Waals surface area contributed by atoms with Crippen LogP contribution in [0.25, 0.3) is 0 Å². The van der Waals surface area contributed by atoms with E-state index in [1.165, 1.54) is 18.5 Å². The summed E-state index contributed by atoms with van der Waals surface area (Å²) in [5.74, 6) is 0.133. The standard InChI is InChI=1S/C10H15NO/c1-3-4-5-10-6-9(7-11-10)8(2)12/h6-7,11H,3-5H2,1-2H3. The van der Waals surface area contributed by atoms with Crippen LogP contribution in [0.15, 0.2) is 12.3 Å². The molecule has 0 aliphatic heterocycles. The van der Waals surface area contributed by atoms with Gasteiger partial charge in [0, 0.05) is 17.5 Å². The third kappa shape index (κ3) is 2.22. The van der Waals surface area contributed by atoms with Gasteiger partial charge in [0.25, 0.3) is 0 Å². The first-order valence-corrected chi connectivity index (χ1v) is 4.42. The molecule has 1 aromatic heterocycles. The molecular formula is C10H15NO. The van der Waals surface area contributed by atoms with Gasteiger partial charge in [-0.2, -0.15) is 0 Å². The molecule has 0 bridgehead atoms. The largest absolute Gasteiger partial charge is 0.364 e. The van der Waals surface area contributed by atoms with Crippen LogP contribution in [-0.4, -0.2) is 10.8 Å². The van der Waals surface area contributed by atoms with E-state index in [0.29, 0.717) is 0 Å². The van der Waals surface area contributed by atoms with Gasteiger partial charge in [0.15, 0.2) is 5.78 Å². The Balaban J connectivity index is 2.58. The van der Waals surface area contributed by atoms with Crippen LogP contribution in [0.3, 0.4) is 0 Å². The zero-order chi connectivity index (χ0) is 8.97. The third-order valence-corrected chi connectivity index (χ3v) is 1.95. The number of hydrogen-bond donors (Lipinski definition) is 1. The van der Waals surface area contributed by atoms with Crippen LogP contribution in [0.1, 0.15) is 42.7 Å². The quantitative estimate of drug-likeness (QED) is 0.683. The molecule has 0 atom stereocenters. The number of carbonyl (C=O) groups excluding carboxylic acids is 1. The molecule has 0 saturated heterocycles. The lowest BCUT2D eigenvalue weighted by atomic mass is 10.2. The summed E-state index contributed by atoms with van der Waals surface area (Å²) in [4.78, 5) is 14.0. The van der Waals surface area contributed by atoms with Crippen molar-refractivity contribution >= 4 is 5.78 Å². The second-order valence-corrected chi connectivity index (χ2v) is 3.07. The van der Waals surface area contributed by atoms with Gasteiger partial charge in [-0.15, -0.1) is 0 Å². The van der Waals surface area contributed by atoms with Gasteiger partial charge in [-0.3, -0.25) is 4.79 Å². The van der Waals surface area contributed by atoms with Gasteiger partial charge >= 0.3 is 0 Å². The van der Waals surface area contributed by atoms with Crippen LogP contribution >= 0.6 is 0 Å². The highest BCUT2D eigenvalue weighted by Crippen LogP contribution is 2.07. The molecule has 0 amide bonds. The molecule has 12 heavy (non-hydrogen) atoms. The molecule has 0 aliphatic rings. The van der Waals surface area contributed by atoms with Crippen LogP contribution < -0.4 is 0 Å². The van der Waals surface area contributed by atoms with Gasteiger partial charge in [-0.05, 0) is 25.8 Å². The van der Waals surface area contributed by atoms with Crippen molar-refractivity contribution in [3.05, 3.63) is 23.5 Å². The monoisotopic (exact) mass is 165 g/mol. The average molecular weight is 165 g/mol. The zero-order valence-corrected chi connectivity index (χ0v) is 7.68. The molecule has 1 aromatic rings. The van der Waals surface area contributed by atoms with Crippen LogP contribution in [0, 0.1) is 0 Å². The van der Waals surface area contributed by atoms with E-state index in [9.17, 15) is 4.79 Å². The highest BCUT2D eigenvalue weighted by Gasteiger charge is 2.01. The molecule has 1 N–H and O–H groups in total. The van der Waals surface area contributed by atoms with E-state index in [1.54, 1.807) is 13.1 Å². The Morgan fingerprint density at radius 3 is 2.83 bits per heavy atom. The molecule has 0 fully saturated rings. The van der Waals surface area contributed by atoms with Crippen molar-refractivity contribution in [2.45, 2.75) is 33.1 Å². The number of rotatable bonds is 4. The molecule has 0 aliphatic carbocycles. The van der Waals surface area contributed by atoms with E-state index >= 15 is 0 Å². The van der Waals surface area contributed by atoms with Gasteiger partial charge in [-0.25, -0.2) is 0 Å². The Labute approximate surface area is 73.0 Å². The molecule has 1 heterocycles. The first kappa shape index (κ1) is 9.04. The average Bonchev–Trinajstić information content (AvgIpc) is 2.48. The topological polar surface area (TPSA) is 32.9 Å². The summed E-state index contributed by atoms with van der Waals surface area (Å²) in [5.41, 5.74) is 1.96. The summed E-state index contributed by atoms with van der Waals surface area (Å²) in [5, 5.41) is 0. The highest BCUT2D eigenvalue weighted by atomic mass is 16.1. The van der Waals surface area contributed by atoms with Gasteiger partial charge in [-0.1, -0.05) is 13.3 Å². The minimum absolute atomic E-state index is 0.133. The third-order valence-electron chi connectivity index (χ3n) is 1.95. The van der Waals surface area contributed by atoms with E-state index in [4.69, 9.17) is 0 Å². The first-order chi connectivity index (χ1) is 5.74. The summed E-state index contributed by atoms with van der Waals surface area (Å²) < 4.78 is 0. The van der Waals surface area contributed by atoms with E-state index in [-0.39, 0.29) is 5.78 Å². The van der Waals surface area contributed by atoms with E-state index in [2.05, 4.69) is 11.9 Å². The van der Waals surface area contributed by atoms with Crippen LogP contribution in [0.2, 0.25) is 0 Å². The Kier molecular flexibility index (Phi) is 3.09. The molecular weight excluding hydrogens is 150 g/mol. The lowest BCUT2D eigenvalue weighted by Gasteiger charge is -1.92. The summed E-state index contributed by atoms with van der Waals surface area (Å²) in [6, 6.07) is 1.94. The normalized spacial score (nSPS) is 10.2. The SMILES string of the molecule is CCCCc1cc(C(C)=O)c[nH]1. The fourth-order valence-electron chi connectivity index (χ4n) is 1.16. The predicted octanol–water partition coefficient (Wildman–Crippen LogP) is 2.56. The number of carbonyl (C=O) groups is 1. The van der Waals surface area contributed by atoms with Crippen molar-refractivity contribution in [2.75, 3.05) is 0 Å². The van der Waals surface area contributed by atoms with Crippen LogP contribution in [0.5, 0.6) is 0 Å². The van der Waals surface area contributed by atoms with Gasteiger partial charge < -0.3 is 4.98 Å². The predicted molar refractivity (Wildman–Crippen MR) is 49.4 cm³/mol. The van der Waals surface area contributed by atoms with Gasteiger partial charge in [0.05, 0.1) is 0 Å². The van der Waals surface area contributed by atoms with Crippen molar-refractivity contribution < 1.29 is 4.79 Å². The lowest BCUT2D eigenvalue weighted by molar-refractivity contribution is 0.101. The molecule has 2 heteroatoms. The molecule has 0 aromatic carbocycles. The number of nitrogens with one attached hydrogen (secondary N) is 1. The van der Waals surface area contributed by atoms with Gasteiger partial charge in [0.2, 0.25) is 0 Å². The number of aromatic nitrogens is 1. The number of aromatic amines is 1. The Bertz CT molecular complexity index is 263. The number of aryl methyl sites for hydroxylation is 1. The Hall–Kier alpha value is -1.05. The van der Waals surface area contributed by atoms with E-state index in [1.807, 2.05) is 6.07 Å². The second kappa shape index (κ2) is 4.10. The number of hydrogen-bond acceptors (Lipinski definition) is 1. The maximum Gasteiger partial charge on any atom is 0.161 e. The lowest BCUT2D eigenvalue weighted by Crippen LogP contribution is -1.87. The second-order valence-electron chi connectivity index (χ2n) is 3.07. The number of Topliss-reactive ketones (excluding diaryl/α,β-unsaturated/α-hetero) is 1. The van der Waals surface area contributed by atoms with E-state index < -0.39 is 0 Å². The molecule has 0 unspecified atom stereocenters. The van der Waals surface area contributed by atoms with Crippen molar-refractivity contribution in [2.24, 2.45) is 0 Å². The smallest absolute Gasteiger partial charge is 0.161 e. The minimum atomic E-state index is 0.133. The molecule has 2 nitrogen and oxygen atoms in total. The van der Waals surface area contributed by atoms with Gasteiger partial charge in [0.1, 0.15) is 0 Å². The van der Waals surface area contributed by atoms with Crippen molar-refractivity contribution in [1.82, 2.24) is 4.98 Å². The van der Waals surface area contributed by atoms with Crippen molar-refractivity contribution in [3.8, 4) is 0 Å². The molecule has 66 valence electrons. The summed E-state index contributed by atoms with van der Waals surface area (Å²) >= 11 is 0. The first-order valence-electron chi connectivity index (χ1n) is 4.42. The number of H-pyrrole nitrogens is 1. The minimum Gasteiger partial charge on any atom is -0.364 e. The fourth-order valence-corrected chi connectivity index (χ4v) is 1.16. The molecule has 0 spiro atoms. The summed E-state index contributed by atoms with van der Waals surface area (Å²) in [6.07, 6.45) is 5.20. The number of unbranched alkanes of at least 4 members (excludes halogenated alkanes) is 1. The fraction of sp³-hybridized carbons (Fsp3) is 0.500. The zero-order valence-electron chi connectivity index (χ0n) is 7.68. The van der Waals surface area contributed by atoms with E-state index in [0.717, 1.165) is 12.0 Å². The Morgan fingerprint density at radius 1 is 1.58 bits per heavy atom. The maximum absolute atomic E-state index is 10.9. The summed E-state index contributed by atoms with van der Waals surface area (Å²) in [6.45, 7) is 3.75.